The van der Waals surface area contributed by atoms with Crippen LogP contribution in [0.1, 0.15) is 37.6 Å². The molecule has 0 aliphatic rings. The monoisotopic (exact) mass is 339 g/mol. The summed E-state index contributed by atoms with van der Waals surface area (Å²) in [5.41, 5.74) is -0.206. The molecule has 1 amide bonds. The highest BCUT2D eigenvalue weighted by Gasteiger charge is 2.22. The minimum atomic E-state index is -0.683. The van der Waals surface area contributed by atoms with Crippen molar-refractivity contribution in [2.75, 3.05) is 27.9 Å². The van der Waals surface area contributed by atoms with Gasteiger partial charge in [-0.05, 0) is 20.3 Å². The summed E-state index contributed by atoms with van der Waals surface area (Å²) in [4.78, 5) is 24.1. The average molecular weight is 339 g/mol. The molecule has 1 rings (SSSR count). The molecule has 1 aromatic carbocycles. The number of methoxy groups -OCH3 is 3. The Hall–Kier alpha value is -2.44. The van der Waals surface area contributed by atoms with Crippen molar-refractivity contribution in [3.63, 3.8) is 0 Å². The summed E-state index contributed by atoms with van der Waals surface area (Å²) in [7, 11) is 4.36. The molecule has 0 aromatic heterocycles. The van der Waals surface area contributed by atoms with Gasteiger partial charge < -0.3 is 24.3 Å². The van der Waals surface area contributed by atoms with E-state index in [1.165, 1.54) is 33.5 Å². The Kier molecular flexibility index (Phi) is 6.88. The number of hydrogen-bond acceptors (Lipinski definition) is 6. The molecule has 0 bridgehead atoms. The molecule has 24 heavy (non-hydrogen) atoms. The van der Waals surface area contributed by atoms with E-state index in [0.717, 1.165) is 6.42 Å². The van der Waals surface area contributed by atoms with E-state index in [-0.39, 0.29) is 29.4 Å². The van der Waals surface area contributed by atoms with Crippen LogP contribution in [0.2, 0.25) is 0 Å². The molecule has 0 saturated carbocycles. The Bertz CT molecular complexity index is 597. The summed E-state index contributed by atoms with van der Waals surface area (Å²) in [5, 5.41) is 2.79. The van der Waals surface area contributed by atoms with Gasteiger partial charge in [-0.15, -0.1) is 0 Å². The van der Waals surface area contributed by atoms with Crippen molar-refractivity contribution < 1.29 is 28.5 Å². The lowest BCUT2D eigenvalue weighted by Gasteiger charge is -2.24. The first-order chi connectivity index (χ1) is 11.3. The van der Waals surface area contributed by atoms with E-state index in [9.17, 15) is 9.59 Å². The zero-order valence-electron chi connectivity index (χ0n) is 15.0. The van der Waals surface area contributed by atoms with Crippen LogP contribution in [0.25, 0.3) is 0 Å². The third kappa shape index (κ3) is 5.04. The van der Waals surface area contributed by atoms with E-state index in [0.29, 0.717) is 11.5 Å². The van der Waals surface area contributed by atoms with Crippen LogP contribution < -0.4 is 19.5 Å². The number of hydrogen-bond donors (Lipinski definition) is 1. The molecule has 0 atom stereocenters. The van der Waals surface area contributed by atoms with E-state index in [2.05, 4.69) is 5.32 Å². The zero-order valence-corrected chi connectivity index (χ0v) is 15.0. The summed E-state index contributed by atoms with van der Waals surface area (Å²) in [6, 6.07) is 2.98. The number of carbonyl (C=O) groups is 2. The fourth-order valence-corrected chi connectivity index (χ4v) is 1.90. The standard InChI is InChI=1S/C17H25NO6/c1-7-17(2,3)18-15(19)10-24-16(20)11-8-13(22-5)14(23-6)9-12(11)21-4/h8-9H,7,10H2,1-6H3,(H,18,19). The smallest absolute Gasteiger partial charge is 0.342 e. The first-order valence-electron chi connectivity index (χ1n) is 7.56. The lowest BCUT2D eigenvalue weighted by atomic mass is 10.0. The van der Waals surface area contributed by atoms with Crippen molar-refractivity contribution in [3.8, 4) is 17.2 Å². The second-order valence-corrected chi connectivity index (χ2v) is 5.77. The molecule has 7 nitrogen and oxygen atoms in total. The minimum absolute atomic E-state index is 0.151. The average Bonchev–Trinajstić information content (AvgIpc) is 2.57. The van der Waals surface area contributed by atoms with Crippen LogP contribution in [0.15, 0.2) is 12.1 Å². The molecule has 0 heterocycles. The normalized spacial score (nSPS) is 10.8. The van der Waals surface area contributed by atoms with Gasteiger partial charge in [0.05, 0.1) is 21.3 Å². The lowest BCUT2D eigenvalue weighted by Crippen LogP contribution is -2.44. The molecule has 134 valence electrons. The van der Waals surface area contributed by atoms with Gasteiger partial charge in [-0.2, -0.15) is 0 Å². The predicted molar refractivity (Wildman–Crippen MR) is 88.9 cm³/mol. The van der Waals surface area contributed by atoms with Crippen molar-refractivity contribution in [1.82, 2.24) is 5.32 Å². The molecule has 0 aliphatic carbocycles. The van der Waals surface area contributed by atoms with Gasteiger partial charge >= 0.3 is 5.97 Å². The minimum Gasteiger partial charge on any atom is -0.496 e. The van der Waals surface area contributed by atoms with E-state index < -0.39 is 5.97 Å². The van der Waals surface area contributed by atoms with Crippen LogP contribution in [-0.2, 0) is 9.53 Å². The van der Waals surface area contributed by atoms with Gasteiger partial charge in [-0.3, -0.25) is 4.79 Å². The van der Waals surface area contributed by atoms with Crippen LogP contribution in [0.4, 0.5) is 0 Å². The fourth-order valence-electron chi connectivity index (χ4n) is 1.90. The molecule has 0 unspecified atom stereocenters. The molecule has 0 fully saturated rings. The Labute approximate surface area is 142 Å². The number of amides is 1. The molecule has 0 aliphatic heterocycles. The summed E-state index contributed by atoms with van der Waals surface area (Å²) in [5.74, 6) is 0.00834. The number of rotatable bonds is 8. The number of carbonyl (C=O) groups excluding carboxylic acids is 2. The van der Waals surface area contributed by atoms with Gasteiger partial charge in [-0.25, -0.2) is 4.79 Å². The first kappa shape index (κ1) is 19.6. The SMILES string of the molecule is CCC(C)(C)NC(=O)COC(=O)c1cc(OC)c(OC)cc1OC. The van der Waals surface area contributed by atoms with Crippen LogP contribution in [0.5, 0.6) is 17.2 Å². The van der Waals surface area contributed by atoms with Crippen molar-refractivity contribution in [3.05, 3.63) is 17.7 Å². The van der Waals surface area contributed by atoms with E-state index in [4.69, 9.17) is 18.9 Å². The molecule has 1 aromatic rings. The summed E-state index contributed by atoms with van der Waals surface area (Å²) < 4.78 is 20.6. The van der Waals surface area contributed by atoms with Gasteiger partial charge in [0.2, 0.25) is 0 Å². The molecular weight excluding hydrogens is 314 g/mol. The molecule has 0 radical (unpaired) electrons. The van der Waals surface area contributed by atoms with E-state index >= 15 is 0 Å². The second-order valence-electron chi connectivity index (χ2n) is 5.77. The highest BCUT2D eigenvalue weighted by molar-refractivity contribution is 5.95. The van der Waals surface area contributed by atoms with Crippen LogP contribution in [0, 0.1) is 0 Å². The van der Waals surface area contributed by atoms with Gasteiger partial charge in [0, 0.05) is 17.7 Å². The maximum absolute atomic E-state index is 12.3. The molecule has 0 spiro atoms. The largest absolute Gasteiger partial charge is 0.496 e. The number of benzene rings is 1. The second kappa shape index (κ2) is 8.42. The Morgan fingerprint density at radius 2 is 1.54 bits per heavy atom. The summed E-state index contributed by atoms with van der Waals surface area (Å²) >= 11 is 0. The van der Waals surface area contributed by atoms with E-state index in [1.54, 1.807) is 0 Å². The summed E-state index contributed by atoms with van der Waals surface area (Å²) in [6.07, 6.45) is 0.760. The van der Waals surface area contributed by atoms with Gasteiger partial charge in [-0.1, -0.05) is 6.92 Å². The quantitative estimate of drug-likeness (QED) is 0.731. The third-order valence-corrected chi connectivity index (χ3v) is 3.62. The Balaban J connectivity index is 2.86. The Morgan fingerprint density at radius 1 is 1.00 bits per heavy atom. The van der Waals surface area contributed by atoms with Crippen molar-refractivity contribution in [1.29, 1.82) is 0 Å². The van der Waals surface area contributed by atoms with Crippen LogP contribution in [-0.4, -0.2) is 45.4 Å². The van der Waals surface area contributed by atoms with Gasteiger partial charge in [0.1, 0.15) is 11.3 Å². The number of ether oxygens (including phenoxy) is 4. The lowest BCUT2D eigenvalue weighted by molar-refractivity contribution is -0.125. The predicted octanol–water partition coefficient (Wildman–Crippen LogP) is 2.17. The van der Waals surface area contributed by atoms with Crippen LogP contribution in [0.3, 0.4) is 0 Å². The van der Waals surface area contributed by atoms with Gasteiger partial charge in [0.15, 0.2) is 18.1 Å². The summed E-state index contributed by atoms with van der Waals surface area (Å²) in [6.45, 7) is 5.37. The number of nitrogens with one attached hydrogen (secondary N) is 1. The van der Waals surface area contributed by atoms with Gasteiger partial charge in [0.25, 0.3) is 5.91 Å². The van der Waals surface area contributed by atoms with E-state index in [1.807, 2.05) is 20.8 Å². The van der Waals surface area contributed by atoms with Crippen molar-refractivity contribution in [2.24, 2.45) is 0 Å². The maximum atomic E-state index is 12.3. The molecule has 1 N–H and O–H groups in total. The molecule has 7 heteroatoms. The maximum Gasteiger partial charge on any atom is 0.342 e. The van der Waals surface area contributed by atoms with Crippen LogP contribution >= 0.6 is 0 Å². The van der Waals surface area contributed by atoms with Crippen molar-refractivity contribution >= 4 is 11.9 Å². The number of esters is 1. The highest BCUT2D eigenvalue weighted by atomic mass is 16.5. The third-order valence-electron chi connectivity index (χ3n) is 3.62. The topological polar surface area (TPSA) is 83.1 Å². The Morgan fingerprint density at radius 3 is 2.04 bits per heavy atom. The van der Waals surface area contributed by atoms with Crippen molar-refractivity contribution in [2.45, 2.75) is 32.7 Å². The first-order valence-corrected chi connectivity index (χ1v) is 7.56. The zero-order chi connectivity index (χ0) is 18.3. The fraction of sp³-hybridized carbons (Fsp3) is 0.529. The molecular formula is C17H25NO6. The molecule has 0 saturated heterocycles. The highest BCUT2D eigenvalue weighted by Crippen LogP contribution is 2.34.